The molecule has 3 aromatic rings. The van der Waals surface area contributed by atoms with Crippen LogP contribution in [0.1, 0.15) is 29.0 Å². The monoisotopic (exact) mass is 505 g/mol. The number of nitrogens with zero attached hydrogens (tertiary/aromatic N) is 1. The third kappa shape index (κ3) is 6.77. The van der Waals surface area contributed by atoms with Crippen molar-refractivity contribution in [3.63, 3.8) is 0 Å². The molecule has 0 N–H and O–H groups in total. The predicted octanol–water partition coefficient (Wildman–Crippen LogP) is 6.24. The minimum Gasteiger partial charge on any atom is -0.496 e. The number of carbonyl (C=O) groups excluding carboxylic acids is 1. The van der Waals surface area contributed by atoms with Gasteiger partial charge < -0.3 is 9.47 Å². The number of likely N-dealkylation sites (tertiary alicyclic amines) is 1. The van der Waals surface area contributed by atoms with Gasteiger partial charge in [-0.15, -0.1) is 25.6 Å². The number of carbonyl (C=O) groups is 1. The summed E-state index contributed by atoms with van der Waals surface area (Å²) < 4.78 is 47.6. The van der Waals surface area contributed by atoms with Crippen LogP contribution in [0.15, 0.2) is 78.9 Å². The van der Waals surface area contributed by atoms with Crippen molar-refractivity contribution < 1.29 is 27.4 Å². The Morgan fingerprint density at radius 2 is 1.57 bits per heavy atom. The molecule has 0 aromatic heterocycles. The Morgan fingerprint density at radius 3 is 2.11 bits per heavy atom. The average Bonchev–Trinajstić information content (AvgIpc) is 2.82. The third-order valence-corrected chi connectivity index (χ3v) is 6.14. The van der Waals surface area contributed by atoms with E-state index >= 15 is 0 Å². The lowest BCUT2D eigenvalue weighted by atomic mass is 9.76. The van der Waals surface area contributed by atoms with Gasteiger partial charge in [0.1, 0.15) is 17.3 Å². The number of Topliss-reactive ketones (excluding diaryl/α,β-unsaturated/α-hetero) is 1. The van der Waals surface area contributed by atoms with Crippen LogP contribution in [0.25, 0.3) is 0 Å². The Bertz CT molecular complexity index is 1070. The zero-order valence-corrected chi connectivity index (χ0v) is 20.0. The van der Waals surface area contributed by atoms with E-state index < -0.39 is 6.36 Å². The van der Waals surface area contributed by atoms with E-state index in [1.807, 2.05) is 60.7 Å². The molecule has 4 nitrogen and oxygen atoms in total. The average molecular weight is 506 g/mol. The molecule has 1 heterocycles. The van der Waals surface area contributed by atoms with Gasteiger partial charge >= 0.3 is 6.36 Å². The second-order valence-corrected chi connectivity index (χ2v) is 8.38. The summed E-state index contributed by atoms with van der Waals surface area (Å²) in [5.74, 6) is -0.0150. The first-order valence-corrected chi connectivity index (χ1v) is 11.1. The van der Waals surface area contributed by atoms with E-state index in [0.29, 0.717) is 37.4 Å². The van der Waals surface area contributed by atoms with Crippen LogP contribution in [0.4, 0.5) is 13.2 Å². The summed E-state index contributed by atoms with van der Waals surface area (Å²) in [4.78, 5) is 15.2. The minimum atomic E-state index is -4.77. The van der Waals surface area contributed by atoms with E-state index in [4.69, 9.17) is 4.74 Å². The number of ether oxygens (including phenoxy) is 2. The molecule has 0 spiro atoms. The Hall–Kier alpha value is -3.03. The highest BCUT2D eigenvalue weighted by atomic mass is 35.5. The van der Waals surface area contributed by atoms with Gasteiger partial charge in [0.05, 0.1) is 7.11 Å². The van der Waals surface area contributed by atoms with Crippen LogP contribution in [0.5, 0.6) is 11.5 Å². The first-order chi connectivity index (χ1) is 16.3. The van der Waals surface area contributed by atoms with Gasteiger partial charge in [-0.25, -0.2) is 0 Å². The fourth-order valence-corrected chi connectivity index (χ4v) is 4.65. The molecule has 1 atom stereocenters. The lowest BCUT2D eigenvalue weighted by molar-refractivity contribution is -0.274. The molecule has 0 aliphatic carbocycles. The van der Waals surface area contributed by atoms with Crippen LogP contribution in [-0.4, -0.2) is 37.2 Å². The molecule has 35 heavy (non-hydrogen) atoms. The van der Waals surface area contributed by atoms with Gasteiger partial charge in [0.2, 0.25) is 0 Å². The molecule has 0 radical (unpaired) electrons. The molecule has 0 amide bonds. The number of hydrogen-bond acceptors (Lipinski definition) is 4. The van der Waals surface area contributed by atoms with Gasteiger partial charge in [0.15, 0.2) is 0 Å². The Morgan fingerprint density at radius 1 is 0.971 bits per heavy atom. The molecule has 4 rings (SSSR count). The second-order valence-electron chi connectivity index (χ2n) is 8.38. The third-order valence-electron chi connectivity index (χ3n) is 6.14. The van der Waals surface area contributed by atoms with Gasteiger partial charge in [-0.3, -0.25) is 9.69 Å². The predicted molar refractivity (Wildman–Crippen MR) is 130 cm³/mol. The first-order valence-electron chi connectivity index (χ1n) is 11.1. The van der Waals surface area contributed by atoms with Crippen molar-refractivity contribution in [3.05, 3.63) is 95.6 Å². The van der Waals surface area contributed by atoms with Crippen molar-refractivity contribution in [2.75, 3.05) is 20.2 Å². The standard InChI is InChI=1S/C27H26F3NO3.ClH/c1-33-25-13-12-22(34-27(28,29)30)16-21(25)17-31-15-14-24(32)23(18-31)26(19-8-4-2-5-9-19)20-10-6-3-7-11-20;/h2-13,16,23,26H,14-15,17-18H2,1H3;1H. The highest BCUT2D eigenvalue weighted by molar-refractivity contribution is 5.85. The number of ketones is 1. The molecule has 1 fully saturated rings. The quantitative estimate of drug-likeness (QED) is 0.381. The maximum Gasteiger partial charge on any atom is 0.573 e. The number of methoxy groups -OCH3 is 1. The number of piperidine rings is 1. The molecule has 0 saturated carbocycles. The van der Waals surface area contributed by atoms with Crippen LogP contribution < -0.4 is 9.47 Å². The molecular formula is C27H27ClF3NO3. The van der Waals surface area contributed by atoms with Gasteiger partial charge in [-0.1, -0.05) is 60.7 Å². The van der Waals surface area contributed by atoms with Crippen LogP contribution in [0.2, 0.25) is 0 Å². The molecule has 0 bridgehead atoms. The Balaban J connectivity index is 0.00000342. The SMILES string of the molecule is COc1ccc(OC(F)(F)F)cc1CN1CCC(=O)C(C(c2ccccc2)c2ccccc2)C1.Cl. The maximum absolute atomic E-state index is 13.1. The van der Waals surface area contributed by atoms with Crippen molar-refractivity contribution in [1.29, 1.82) is 0 Å². The van der Waals surface area contributed by atoms with Crippen LogP contribution >= 0.6 is 12.4 Å². The maximum atomic E-state index is 13.1. The molecule has 1 unspecified atom stereocenters. The highest BCUT2D eigenvalue weighted by Crippen LogP contribution is 2.37. The van der Waals surface area contributed by atoms with Crippen molar-refractivity contribution >= 4 is 18.2 Å². The lowest BCUT2D eigenvalue weighted by Gasteiger charge is -2.36. The lowest BCUT2D eigenvalue weighted by Crippen LogP contribution is -2.43. The summed E-state index contributed by atoms with van der Waals surface area (Å²) >= 11 is 0. The fraction of sp³-hybridized carbons (Fsp3) is 0.296. The summed E-state index contributed by atoms with van der Waals surface area (Å²) in [7, 11) is 1.48. The molecule has 8 heteroatoms. The van der Waals surface area contributed by atoms with Gasteiger partial charge in [-0.05, 0) is 29.3 Å². The molecule has 3 aromatic carbocycles. The number of alkyl halides is 3. The van der Waals surface area contributed by atoms with Crippen LogP contribution in [0, 0.1) is 5.92 Å². The number of halogens is 4. The largest absolute Gasteiger partial charge is 0.573 e. The highest BCUT2D eigenvalue weighted by Gasteiger charge is 2.36. The summed E-state index contributed by atoms with van der Waals surface area (Å²) in [5, 5.41) is 0. The number of hydrogen-bond donors (Lipinski definition) is 0. The fourth-order valence-electron chi connectivity index (χ4n) is 4.65. The van der Waals surface area contributed by atoms with Crippen molar-refractivity contribution in [1.82, 2.24) is 4.90 Å². The van der Waals surface area contributed by atoms with Gasteiger partial charge in [-0.2, -0.15) is 0 Å². The molecule has 186 valence electrons. The number of benzene rings is 3. The minimum absolute atomic E-state index is 0. The normalized spacial score (nSPS) is 16.6. The van der Waals surface area contributed by atoms with Crippen molar-refractivity contribution in [3.8, 4) is 11.5 Å². The summed E-state index contributed by atoms with van der Waals surface area (Å²) in [6.45, 7) is 1.36. The van der Waals surface area contributed by atoms with Crippen molar-refractivity contribution in [2.24, 2.45) is 5.92 Å². The zero-order chi connectivity index (χ0) is 24.1. The van der Waals surface area contributed by atoms with E-state index in [9.17, 15) is 18.0 Å². The van der Waals surface area contributed by atoms with E-state index in [1.54, 1.807) is 0 Å². The molecule has 1 aliphatic heterocycles. The Labute approximate surface area is 209 Å². The van der Waals surface area contributed by atoms with E-state index in [2.05, 4.69) is 9.64 Å². The molecule has 1 saturated heterocycles. The summed E-state index contributed by atoms with van der Waals surface area (Å²) in [6.07, 6.45) is -4.39. The smallest absolute Gasteiger partial charge is 0.496 e. The molecule has 1 aliphatic rings. The second kappa shape index (κ2) is 11.6. The van der Waals surface area contributed by atoms with Crippen LogP contribution in [-0.2, 0) is 11.3 Å². The van der Waals surface area contributed by atoms with Crippen molar-refractivity contribution in [2.45, 2.75) is 25.2 Å². The zero-order valence-electron chi connectivity index (χ0n) is 19.2. The topological polar surface area (TPSA) is 38.8 Å². The van der Waals surface area contributed by atoms with E-state index in [1.165, 1.54) is 25.3 Å². The Kier molecular flexibility index (Phi) is 8.81. The number of rotatable bonds is 7. The van der Waals surface area contributed by atoms with E-state index in [0.717, 1.165) is 11.1 Å². The summed E-state index contributed by atoms with van der Waals surface area (Å²) in [6, 6.07) is 23.9. The van der Waals surface area contributed by atoms with Crippen LogP contribution in [0.3, 0.4) is 0 Å². The first kappa shape index (κ1) is 26.6. The van der Waals surface area contributed by atoms with Gasteiger partial charge in [0, 0.05) is 43.5 Å². The summed E-state index contributed by atoms with van der Waals surface area (Å²) in [5.41, 5.74) is 2.70. The van der Waals surface area contributed by atoms with E-state index in [-0.39, 0.29) is 35.8 Å². The molecular weight excluding hydrogens is 479 g/mol. The van der Waals surface area contributed by atoms with Gasteiger partial charge in [0.25, 0.3) is 0 Å².